The number of piperazine rings is 1. The summed E-state index contributed by atoms with van der Waals surface area (Å²) in [5, 5.41) is 10.4. The van der Waals surface area contributed by atoms with Gasteiger partial charge in [0.2, 0.25) is 0 Å². The highest BCUT2D eigenvalue weighted by molar-refractivity contribution is 7.87. The Labute approximate surface area is 180 Å². The summed E-state index contributed by atoms with van der Waals surface area (Å²) in [4.78, 5) is 18.4. The molecule has 10 heteroatoms. The molecule has 2 fully saturated rings. The van der Waals surface area contributed by atoms with E-state index in [2.05, 4.69) is 9.71 Å². The minimum atomic E-state index is -3.98. The van der Waals surface area contributed by atoms with Crippen molar-refractivity contribution in [3.05, 3.63) is 59.2 Å². The highest BCUT2D eigenvalue weighted by Gasteiger charge is 2.70. The van der Waals surface area contributed by atoms with Gasteiger partial charge in [0.05, 0.1) is 5.02 Å². The molecule has 160 valence electrons. The molecule has 1 aliphatic heterocycles. The zero-order valence-corrected chi connectivity index (χ0v) is 18.0. The molecule has 0 unspecified atom stereocenters. The van der Waals surface area contributed by atoms with Gasteiger partial charge in [-0.15, -0.1) is 0 Å². The van der Waals surface area contributed by atoms with Crippen LogP contribution in [0.4, 0.5) is 5.82 Å². The standard InChI is InChI=1S/C20H23ClN4O4S/c1-14-18(15-5-3-2-4-6-15)20(14,19(26)27)23-30(28,29)25-11-9-24(10-12-25)17-8-7-16(21)13-22-17/h2-8,13-14,18,23H,9-12H2,1H3,(H,26,27)/t14-,18-,20+/m1/s1. The number of nitrogens with zero attached hydrogens (tertiary/aromatic N) is 3. The molecule has 0 amide bonds. The van der Waals surface area contributed by atoms with Gasteiger partial charge >= 0.3 is 5.97 Å². The number of anilines is 1. The number of pyridine rings is 1. The van der Waals surface area contributed by atoms with Gasteiger partial charge in [0.15, 0.2) is 0 Å². The van der Waals surface area contributed by atoms with Crippen LogP contribution in [0.25, 0.3) is 0 Å². The molecule has 0 spiro atoms. The Morgan fingerprint density at radius 1 is 1.17 bits per heavy atom. The molecule has 1 saturated heterocycles. The van der Waals surface area contributed by atoms with Gasteiger partial charge in [-0.05, 0) is 23.6 Å². The van der Waals surface area contributed by atoms with Crippen LogP contribution in [0, 0.1) is 5.92 Å². The third kappa shape index (κ3) is 3.66. The Morgan fingerprint density at radius 3 is 2.40 bits per heavy atom. The van der Waals surface area contributed by atoms with E-state index >= 15 is 0 Å². The number of hydrogen-bond donors (Lipinski definition) is 2. The van der Waals surface area contributed by atoms with Gasteiger partial charge in [-0.3, -0.25) is 4.79 Å². The molecular formula is C20H23ClN4O4S. The van der Waals surface area contributed by atoms with E-state index in [1.165, 1.54) is 4.31 Å². The van der Waals surface area contributed by atoms with E-state index in [-0.39, 0.29) is 19.0 Å². The van der Waals surface area contributed by atoms with Crippen molar-refractivity contribution in [1.29, 1.82) is 0 Å². The van der Waals surface area contributed by atoms with Gasteiger partial charge < -0.3 is 10.0 Å². The van der Waals surface area contributed by atoms with Gasteiger partial charge in [-0.25, -0.2) is 4.98 Å². The van der Waals surface area contributed by atoms with Crippen LogP contribution < -0.4 is 9.62 Å². The number of carbonyl (C=O) groups is 1. The predicted octanol–water partition coefficient (Wildman–Crippen LogP) is 1.95. The summed E-state index contributed by atoms with van der Waals surface area (Å²) in [5.41, 5.74) is -0.719. The zero-order chi connectivity index (χ0) is 21.5. The predicted molar refractivity (Wildman–Crippen MR) is 114 cm³/mol. The van der Waals surface area contributed by atoms with Gasteiger partial charge in [-0.2, -0.15) is 17.4 Å². The lowest BCUT2D eigenvalue weighted by atomic mass is 10.1. The number of aliphatic carboxylic acids is 1. The number of halogens is 1. The summed E-state index contributed by atoms with van der Waals surface area (Å²) in [6.07, 6.45) is 1.55. The summed E-state index contributed by atoms with van der Waals surface area (Å²) in [6, 6.07) is 12.7. The van der Waals surface area contributed by atoms with Gasteiger partial charge in [0.1, 0.15) is 11.4 Å². The van der Waals surface area contributed by atoms with E-state index in [1.807, 2.05) is 35.2 Å². The van der Waals surface area contributed by atoms with Gasteiger partial charge in [0.25, 0.3) is 10.2 Å². The quantitative estimate of drug-likeness (QED) is 0.697. The Bertz CT molecular complexity index is 1030. The van der Waals surface area contributed by atoms with Crippen molar-refractivity contribution in [3.8, 4) is 0 Å². The average molecular weight is 451 g/mol. The molecule has 3 atom stereocenters. The van der Waals surface area contributed by atoms with Crippen molar-refractivity contribution in [1.82, 2.24) is 14.0 Å². The summed E-state index contributed by atoms with van der Waals surface area (Å²) >= 11 is 5.87. The first-order chi connectivity index (χ1) is 14.3. The highest BCUT2D eigenvalue weighted by atomic mass is 35.5. The molecular weight excluding hydrogens is 428 g/mol. The maximum absolute atomic E-state index is 13.1. The van der Waals surface area contributed by atoms with Crippen molar-refractivity contribution in [2.45, 2.75) is 18.4 Å². The third-order valence-corrected chi connectivity index (χ3v) is 7.89. The topological polar surface area (TPSA) is 103 Å². The van der Waals surface area contributed by atoms with Crippen molar-refractivity contribution < 1.29 is 18.3 Å². The number of carboxylic acids is 1. The monoisotopic (exact) mass is 450 g/mol. The molecule has 1 aromatic carbocycles. The van der Waals surface area contributed by atoms with E-state index in [4.69, 9.17) is 11.6 Å². The van der Waals surface area contributed by atoms with Crippen molar-refractivity contribution in [2.24, 2.45) is 5.92 Å². The van der Waals surface area contributed by atoms with Crippen molar-refractivity contribution in [3.63, 3.8) is 0 Å². The molecule has 2 aromatic rings. The lowest BCUT2D eigenvalue weighted by Crippen LogP contribution is -2.56. The number of aromatic nitrogens is 1. The second-order valence-corrected chi connectivity index (χ2v) is 9.79. The van der Waals surface area contributed by atoms with Gasteiger partial charge in [-0.1, -0.05) is 48.9 Å². The fraction of sp³-hybridized carbons (Fsp3) is 0.400. The largest absolute Gasteiger partial charge is 0.480 e. The molecule has 4 rings (SSSR count). The normalized spacial score (nSPS) is 27.1. The van der Waals surface area contributed by atoms with Crippen LogP contribution in [0.5, 0.6) is 0 Å². The molecule has 0 bridgehead atoms. The second kappa shape index (κ2) is 7.81. The van der Waals surface area contributed by atoms with Crippen molar-refractivity contribution in [2.75, 3.05) is 31.1 Å². The van der Waals surface area contributed by atoms with Crippen LogP contribution in [0.2, 0.25) is 5.02 Å². The third-order valence-electron chi connectivity index (χ3n) is 6.02. The Kier molecular flexibility index (Phi) is 5.48. The molecule has 1 saturated carbocycles. The van der Waals surface area contributed by atoms with Crippen LogP contribution in [-0.2, 0) is 15.0 Å². The van der Waals surface area contributed by atoms with Crippen LogP contribution >= 0.6 is 11.6 Å². The fourth-order valence-corrected chi connectivity index (χ4v) is 6.00. The number of carboxylic acid groups (broad SMARTS) is 1. The number of benzene rings is 1. The van der Waals surface area contributed by atoms with Crippen LogP contribution in [0.15, 0.2) is 48.7 Å². The number of nitrogens with one attached hydrogen (secondary N) is 1. The molecule has 0 radical (unpaired) electrons. The summed E-state index contributed by atoms with van der Waals surface area (Å²) < 4.78 is 29.9. The molecule has 30 heavy (non-hydrogen) atoms. The van der Waals surface area contributed by atoms with Gasteiger partial charge in [0, 0.05) is 38.3 Å². The smallest absolute Gasteiger partial charge is 0.325 e. The van der Waals surface area contributed by atoms with E-state index in [0.717, 1.165) is 11.4 Å². The Balaban J connectivity index is 1.47. The second-order valence-electron chi connectivity index (χ2n) is 7.68. The van der Waals surface area contributed by atoms with Crippen LogP contribution in [0.3, 0.4) is 0 Å². The highest BCUT2D eigenvalue weighted by Crippen LogP contribution is 2.57. The molecule has 2 aliphatic rings. The molecule has 2 heterocycles. The van der Waals surface area contributed by atoms with Crippen LogP contribution in [-0.4, -0.2) is 60.5 Å². The van der Waals surface area contributed by atoms with E-state index in [9.17, 15) is 18.3 Å². The lowest BCUT2D eigenvalue weighted by Gasteiger charge is -2.35. The first-order valence-corrected chi connectivity index (χ1v) is 11.5. The van der Waals surface area contributed by atoms with Crippen LogP contribution in [0.1, 0.15) is 18.4 Å². The molecule has 1 aromatic heterocycles. The average Bonchev–Trinajstić information content (AvgIpc) is 3.33. The first-order valence-electron chi connectivity index (χ1n) is 9.69. The lowest BCUT2D eigenvalue weighted by molar-refractivity contribution is -0.140. The first kappa shape index (κ1) is 21.0. The SMILES string of the molecule is C[C@@H]1[C@H](c2ccccc2)[C@]1(NS(=O)(=O)N1CCN(c2ccc(Cl)cn2)CC1)C(=O)O. The molecule has 2 N–H and O–H groups in total. The minimum Gasteiger partial charge on any atom is -0.480 e. The minimum absolute atomic E-state index is 0.236. The Morgan fingerprint density at radius 2 is 1.83 bits per heavy atom. The Hall–Kier alpha value is -2.20. The van der Waals surface area contributed by atoms with E-state index in [0.29, 0.717) is 18.1 Å². The number of rotatable bonds is 6. The van der Waals surface area contributed by atoms with Crippen molar-refractivity contribution >= 4 is 33.6 Å². The summed E-state index contributed by atoms with van der Waals surface area (Å²) in [5.74, 6) is -1.19. The summed E-state index contributed by atoms with van der Waals surface area (Å²) in [7, 11) is -3.98. The molecule has 1 aliphatic carbocycles. The maximum atomic E-state index is 13.1. The molecule has 8 nitrogen and oxygen atoms in total. The fourth-order valence-electron chi connectivity index (χ4n) is 4.29. The van der Waals surface area contributed by atoms with E-state index < -0.39 is 27.6 Å². The maximum Gasteiger partial charge on any atom is 0.325 e. The zero-order valence-electron chi connectivity index (χ0n) is 16.4. The number of hydrogen-bond acceptors (Lipinski definition) is 5. The van der Waals surface area contributed by atoms with E-state index in [1.54, 1.807) is 25.3 Å². The summed E-state index contributed by atoms with van der Waals surface area (Å²) in [6.45, 7) is 3.14.